The summed E-state index contributed by atoms with van der Waals surface area (Å²) in [4.78, 5) is 50.8. The lowest BCUT2D eigenvalue weighted by Crippen LogP contribution is -2.27. The van der Waals surface area contributed by atoms with Gasteiger partial charge in [-0.2, -0.15) is 15.0 Å². The molecule has 1 amide bonds. The fourth-order valence-electron chi connectivity index (χ4n) is 8.46. The van der Waals surface area contributed by atoms with Crippen molar-refractivity contribution in [1.82, 2.24) is 55.6 Å². The molecule has 0 bridgehead atoms. The third-order valence-electron chi connectivity index (χ3n) is 12.2. The summed E-state index contributed by atoms with van der Waals surface area (Å²) in [5, 5.41) is 42.2. The molecule has 0 radical (unpaired) electrons. The van der Waals surface area contributed by atoms with Gasteiger partial charge in [-0.25, -0.2) is 9.78 Å². The van der Waals surface area contributed by atoms with Crippen LogP contribution in [0.25, 0.3) is 68.5 Å². The summed E-state index contributed by atoms with van der Waals surface area (Å²) >= 11 is 0. The molecular weight excluding hydrogens is 1100 g/mol. The predicted molar refractivity (Wildman–Crippen MR) is 308 cm³/mol. The summed E-state index contributed by atoms with van der Waals surface area (Å²) in [7, 11) is 0. The molecule has 1 fully saturated rings. The SMILES string of the molecule is CCOc1ccc(-c2nc(-c3ccnc(C(=O)NCCO)c3)no2)cc1OCC.CCOc1ccc(-c2nc(-c3ccnc(C(=O)O)c3)no2)cc1OCC.CCOc1ccc(-c2nc(-c3ccnc(CN4CC[C@@H](O)C4)c3)no2)cc1OCC. The molecule has 9 aromatic rings. The number of benzene rings is 3. The number of carbonyl (C=O) groups is 2. The van der Waals surface area contributed by atoms with Crippen LogP contribution in [0.2, 0.25) is 0 Å². The smallest absolute Gasteiger partial charge is 0.354 e. The van der Waals surface area contributed by atoms with Crippen LogP contribution in [-0.2, 0) is 6.54 Å². The molecule has 0 spiro atoms. The number of β-amino-alcohol motifs (C(OH)–C–C–N with tert-alkyl or cyclic N) is 1. The van der Waals surface area contributed by atoms with E-state index in [9.17, 15) is 14.7 Å². The van der Waals surface area contributed by atoms with Gasteiger partial charge in [0, 0.05) is 78.2 Å². The number of nitrogens with zero attached hydrogens (tertiary/aromatic N) is 10. The first kappa shape index (κ1) is 61.2. The Bertz CT molecular complexity index is 3630. The minimum atomic E-state index is -1.12. The summed E-state index contributed by atoms with van der Waals surface area (Å²) in [5.41, 5.74) is 5.06. The fraction of sp³-hybridized carbons (Fsp3) is 0.317. The van der Waals surface area contributed by atoms with Gasteiger partial charge in [0.1, 0.15) is 11.4 Å². The molecule has 444 valence electrons. The fourth-order valence-corrected chi connectivity index (χ4v) is 8.46. The van der Waals surface area contributed by atoms with Crippen molar-refractivity contribution in [3.8, 4) is 103 Å². The molecular formula is C60H65N11O14. The molecule has 3 aromatic carbocycles. The highest BCUT2D eigenvalue weighted by atomic mass is 16.5. The first-order valence-electron chi connectivity index (χ1n) is 27.6. The maximum atomic E-state index is 12.0. The number of amides is 1. The molecule has 7 heterocycles. The maximum absolute atomic E-state index is 12.0. The van der Waals surface area contributed by atoms with Crippen LogP contribution in [0, 0.1) is 0 Å². The second kappa shape index (κ2) is 30.5. The molecule has 1 saturated heterocycles. The van der Waals surface area contributed by atoms with Crippen molar-refractivity contribution in [3.63, 3.8) is 0 Å². The average Bonchev–Trinajstić information content (AvgIpc) is 4.57. The van der Waals surface area contributed by atoms with E-state index in [0.717, 1.165) is 29.8 Å². The van der Waals surface area contributed by atoms with E-state index in [2.05, 4.69) is 55.6 Å². The molecule has 25 heteroatoms. The van der Waals surface area contributed by atoms with Crippen LogP contribution in [0.4, 0.5) is 0 Å². The highest BCUT2D eigenvalue weighted by molar-refractivity contribution is 5.93. The zero-order chi connectivity index (χ0) is 60.1. The first-order valence-corrected chi connectivity index (χ1v) is 27.6. The van der Waals surface area contributed by atoms with E-state index < -0.39 is 11.9 Å². The Balaban J connectivity index is 0.000000166. The number of rotatable bonds is 24. The first-order chi connectivity index (χ1) is 41.4. The molecule has 6 aromatic heterocycles. The van der Waals surface area contributed by atoms with Crippen LogP contribution in [0.15, 0.2) is 123 Å². The summed E-state index contributed by atoms with van der Waals surface area (Å²) in [6, 6.07) is 26.4. The van der Waals surface area contributed by atoms with Crippen molar-refractivity contribution in [2.75, 3.05) is 65.9 Å². The van der Waals surface area contributed by atoms with Gasteiger partial charge < -0.3 is 62.6 Å². The van der Waals surface area contributed by atoms with E-state index in [1.165, 1.54) is 18.5 Å². The molecule has 1 atom stereocenters. The van der Waals surface area contributed by atoms with Crippen LogP contribution < -0.4 is 33.7 Å². The number of aromatic nitrogens is 9. The molecule has 85 heavy (non-hydrogen) atoms. The standard InChI is InChI=1S/C22H26N4O4.C20H22N4O5.C18H17N3O5/c1-3-28-19-6-5-16(12-20(19)29-4-2)22-24-21(25-30-22)15-7-9-23-17(11-15)13-26-10-8-18(27)14-26;1-3-27-16-6-5-14(12-17(16)28-4-2)20-23-18(24-29-20)13-7-8-21-15(11-13)19(26)22-9-10-25;1-3-24-14-6-5-12(10-15(14)25-4-2)17-20-16(21-26-17)11-7-8-19-13(9-11)18(22)23/h5-7,9,11-12,18,27H,3-4,8,10,13-14H2,1-2H3;5-8,11-12,25H,3-4,9-10H2,1-2H3,(H,22,26);5-10H,3-4H2,1-2H3,(H,22,23)/t18-;;/m1../s1. The number of hydrogen-bond acceptors (Lipinski definition) is 23. The predicted octanol–water partition coefficient (Wildman–Crippen LogP) is 8.77. The number of aliphatic hydroxyl groups excluding tert-OH is 2. The van der Waals surface area contributed by atoms with E-state index in [1.807, 2.05) is 77.9 Å². The number of likely N-dealkylation sites (tertiary alicyclic amines) is 1. The van der Waals surface area contributed by atoms with Crippen LogP contribution in [0.5, 0.6) is 34.5 Å². The summed E-state index contributed by atoms with van der Waals surface area (Å²) in [6.45, 7) is 16.8. The van der Waals surface area contributed by atoms with Gasteiger partial charge >= 0.3 is 5.97 Å². The van der Waals surface area contributed by atoms with Crippen LogP contribution in [0.1, 0.15) is 74.6 Å². The largest absolute Gasteiger partial charge is 0.490 e. The number of ether oxygens (including phenoxy) is 6. The molecule has 0 aliphatic carbocycles. The van der Waals surface area contributed by atoms with Crippen molar-refractivity contribution >= 4 is 11.9 Å². The van der Waals surface area contributed by atoms with Gasteiger partial charge in [-0.3, -0.25) is 19.7 Å². The van der Waals surface area contributed by atoms with Crippen LogP contribution >= 0.6 is 0 Å². The Morgan fingerprint density at radius 1 is 0.529 bits per heavy atom. The van der Waals surface area contributed by atoms with E-state index in [1.54, 1.807) is 54.7 Å². The van der Waals surface area contributed by atoms with E-state index in [0.29, 0.717) is 133 Å². The Morgan fingerprint density at radius 2 is 0.929 bits per heavy atom. The van der Waals surface area contributed by atoms with Gasteiger partial charge in [-0.15, -0.1) is 0 Å². The second-order valence-electron chi connectivity index (χ2n) is 18.2. The lowest BCUT2D eigenvalue weighted by Gasteiger charge is -2.14. The molecule has 0 unspecified atom stereocenters. The normalized spacial score (nSPS) is 12.7. The van der Waals surface area contributed by atoms with Crippen molar-refractivity contribution in [1.29, 1.82) is 0 Å². The van der Waals surface area contributed by atoms with Crippen LogP contribution in [0.3, 0.4) is 0 Å². The third-order valence-corrected chi connectivity index (χ3v) is 12.2. The van der Waals surface area contributed by atoms with Crippen LogP contribution in [-0.4, -0.2) is 149 Å². The lowest BCUT2D eigenvalue weighted by atomic mass is 10.2. The van der Waals surface area contributed by atoms with Gasteiger partial charge in [0.25, 0.3) is 23.6 Å². The van der Waals surface area contributed by atoms with Crippen molar-refractivity contribution < 1.29 is 66.9 Å². The number of carboxylic acids is 1. The van der Waals surface area contributed by atoms with Crippen molar-refractivity contribution in [3.05, 3.63) is 127 Å². The number of aliphatic hydroxyl groups is 2. The Hall–Kier alpha value is -9.85. The molecule has 10 rings (SSSR count). The number of pyridine rings is 3. The molecule has 4 N–H and O–H groups in total. The van der Waals surface area contributed by atoms with Crippen molar-refractivity contribution in [2.24, 2.45) is 0 Å². The molecule has 1 aliphatic heterocycles. The second-order valence-corrected chi connectivity index (χ2v) is 18.2. The van der Waals surface area contributed by atoms with E-state index >= 15 is 0 Å². The average molecular weight is 1160 g/mol. The summed E-state index contributed by atoms with van der Waals surface area (Å²) in [6.07, 6.45) is 5.18. The van der Waals surface area contributed by atoms with E-state index in [-0.39, 0.29) is 42.4 Å². The monoisotopic (exact) mass is 1160 g/mol. The zero-order valence-corrected chi connectivity index (χ0v) is 47.8. The number of nitrogens with one attached hydrogen (secondary N) is 1. The van der Waals surface area contributed by atoms with Gasteiger partial charge in [-0.1, -0.05) is 15.5 Å². The highest BCUT2D eigenvalue weighted by Crippen LogP contribution is 2.36. The molecule has 1 aliphatic rings. The quantitative estimate of drug-likeness (QED) is 0.0439. The highest BCUT2D eigenvalue weighted by Gasteiger charge is 2.22. The summed E-state index contributed by atoms with van der Waals surface area (Å²) < 4.78 is 49.8. The Kier molecular flexibility index (Phi) is 21.9. The Labute approximate surface area is 488 Å². The molecule has 0 saturated carbocycles. The topological polar surface area (TPSA) is 321 Å². The minimum Gasteiger partial charge on any atom is -0.490 e. The van der Waals surface area contributed by atoms with Gasteiger partial charge in [-0.05, 0) is 139 Å². The minimum absolute atomic E-state index is 0.0893. The summed E-state index contributed by atoms with van der Waals surface area (Å²) in [5.74, 6) is 4.40. The number of aromatic carboxylic acids is 1. The number of carbonyl (C=O) groups excluding carboxylic acids is 1. The Morgan fingerprint density at radius 3 is 1.33 bits per heavy atom. The maximum Gasteiger partial charge on any atom is 0.354 e. The van der Waals surface area contributed by atoms with Gasteiger partial charge in [0.2, 0.25) is 17.5 Å². The van der Waals surface area contributed by atoms with Gasteiger partial charge in [0.05, 0.1) is 58.0 Å². The van der Waals surface area contributed by atoms with E-state index in [4.69, 9.17) is 52.2 Å². The van der Waals surface area contributed by atoms with Crippen molar-refractivity contribution in [2.45, 2.75) is 60.6 Å². The lowest BCUT2D eigenvalue weighted by molar-refractivity contribution is 0.0690. The zero-order valence-electron chi connectivity index (χ0n) is 47.8. The van der Waals surface area contributed by atoms with Gasteiger partial charge in [0.15, 0.2) is 34.5 Å². The molecule has 25 nitrogen and oxygen atoms in total. The number of hydrogen-bond donors (Lipinski definition) is 4. The third kappa shape index (κ3) is 16.5. The number of carboxylic acid groups (broad SMARTS) is 1.